The van der Waals surface area contributed by atoms with E-state index in [1.165, 1.54) is 49.0 Å². The second-order valence-corrected chi connectivity index (χ2v) is 15.2. The maximum absolute atomic E-state index is 14.1. The minimum absolute atomic E-state index is 0.0598. The van der Waals surface area contributed by atoms with Gasteiger partial charge in [-0.15, -0.1) is 0 Å². The fraction of sp³-hybridized carbons (Fsp3) is 0.500. The van der Waals surface area contributed by atoms with Gasteiger partial charge < -0.3 is 9.88 Å². The molecule has 1 N–H and O–H groups in total. The molecule has 224 valence electrons. The van der Waals surface area contributed by atoms with Gasteiger partial charge in [-0.3, -0.25) is 9.69 Å². The third kappa shape index (κ3) is 6.06. The number of amides is 1. The smallest absolute Gasteiger partial charge is 0.220 e. The Morgan fingerprint density at radius 2 is 1.79 bits per heavy atom. The quantitative estimate of drug-likeness (QED) is 0.350. The van der Waals surface area contributed by atoms with Crippen LogP contribution in [0.4, 0.5) is 0 Å². The van der Waals surface area contributed by atoms with Crippen molar-refractivity contribution in [1.82, 2.24) is 14.8 Å². The zero-order chi connectivity index (χ0) is 29.4. The van der Waals surface area contributed by atoms with Gasteiger partial charge in [0.15, 0.2) is 9.84 Å². The minimum atomic E-state index is -3.69. The van der Waals surface area contributed by atoms with Crippen LogP contribution >= 0.6 is 11.6 Å². The van der Waals surface area contributed by atoms with E-state index in [9.17, 15) is 13.2 Å². The molecule has 0 spiro atoms. The Bertz CT molecular complexity index is 1570. The summed E-state index contributed by atoms with van der Waals surface area (Å²) < 4.78 is 30.3. The lowest BCUT2D eigenvalue weighted by molar-refractivity contribution is -0.122. The highest BCUT2D eigenvalue weighted by molar-refractivity contribution is 7.92. The molecule has 6 rings (SSSR count). The first-order valence-corrected chi connectivity index (χ1v) is 17.4. The predicted octanol–water partition coefficient (Wildman–Crippen LogP) is 6.14. The Balaban J connectivity index is 1.15. The number of carbonyl (C=O) groups excluding carboxylic acids is 1. The molecule has 0 radical (unpaired) electrons. The van der Waals surface area contributed by atoms with Crippen LogP contribution in [0.3, 0.4) is 0 Å². The summed E-state index contributed by atoms with van der Waals surface area (Å²) in [5.41, 5.74) is 6.41. The summed E-state index contributed by atoms with van der Waals surface area (Å²) in [7, 11) is -3.69. The van der Waals surface area contributed by atoms with Crippen molar-refractivity contribution >= 4 is 27.3 Å². The first-order chi connectivity index (χ1) is 20.2. The number of halogens is 1. The van der Waals surface area contributed by atoms with Gasteiger partial charge in [0.1, 0.15) is 0 Å². The van der Waals surface area contributed by atoms with E-state index in [0.717, 1.165) is 37.1 Å². The van der Waals surface area contributed by atoms with Crippen LogP contribution in [0.2, 0.25) is 5.02 Å². The fourth-order valence-electron chi connectivity index (χ4n) is 7.35. The average molecular weight is 608 g/mol. The normalized spacial score (nSPS) is 22.8. The van der Waals surface area contributed by atoms with Gasteiger partial charge in [0.2, 0.25) is 5.91 Å². The van der Waals surface area contributed by atoms with Crippen molar-refractivity contribution in [2.24, 2.45) is 0 Å². The van der Waals surface area contributed by atoms with Gasteiger partial charge in [-0.05, 0) is 118 Å². The molecule has 6 nitrogen and oxygen atoms in total. The Kier molecular flexibility index (Phi) is 8.54. The number of benzene rings is 2. The van der Waals surface area contributed by atoms with E-state index < -0.39 is 21.0 Å². The number of hydrogen-bond donors (Lipinski definition) is 1. The number of rotatable bonds is 7. The largest absolute Gasteiger partial charge is 0.353 e. The van der Waals surface area contributed by atoms with Crippen molar-refractivity contribution in [3.8, 4) is 0 Å². The Morgan fingerprint density at radius 1 is 0.976 bits per heavy atom. The van der Waals surface area contributed by atoms with Crippen LogP contribution in [0.5, 0.6) is 0 Å². The molecule has 3 aliphatic rings. The zero-order valence-corrected chi connectivity index (χ0v) is 26.3. The maximum atomic E-state index is 14.1. The molecule has 1 amide bonds. The van der Waals surface area contributed by atoms with Crippen LogP contribution in [-0.2, 0) is 40.6 Å². The predicted molar refractivity (Wildman–Crippen MR) is 168 cm³/mol. The maximum Gasteiger partial charge on any atom is 0.220 e. The van der Waals surface area contributed by atoms with Gasteiger partial charge in [-0.25, -0.2) is 8.42 Å². The Hall–Kier alpha value is -2.61. The molecule has 0 saturated carbocycles. The van der Waals surface area contributed by atoms with Gasteiger partial charge >= 0.3 is 0 Å². The van der Waals surface area contributed by atoms with Gasteiger partial charge in [0.25, 0.3) is 0 Å². The summed E-state index contributed by atoms with van der Waals surface area (Å²) in [6.07, 6.45) is 9.22. The van der Waals surface area contributed by atoms with Crippen molar-refractivity contribution in [2.75, 3.05) is 13.1 Å². The first-order valence-electron chi connectivity index (χ1n) is 15.5. The SMILES string of the molecule is Cc1cc(S(=O)(=O)C2CCn3cccc3C2CC(=O)NC2CCc3cc(CN4CCCCC4)ccc3C2)c(C)cc1Cl. The minimum Gasteiger partial charge on any atom is -0.353 e. The van der Waals surface area contributed by atoms with Gasteiger partial charge in [-0.2, -0.15) is 0 Å². The van der Waals surface area contributed by atoms with Crippen molar-refractivity contribution in [3.63, 3.8) is 0 Å². The fourth-order valence-corrected chi connectivity index (χ4v) is 9.83. The number of carbonyl (C=O) groups is 1. The van der Waals surface area contributed by atoms with Crippen LogP contribution in [0, 0.1) is 13.8 Å². The Labute approximate surface area is 255 Å². The van der Waals surface area contributed by atoms with Crippen LogP contribution in [0.15, 0.2) is 53.6 Å². The molecule has 2 aliphatic heterocycles. The number of nitrogens with zero attached hydrogens (tertiary/aromatic N) is 2. The van der Waals surface area contributed by atoms with E-state index in [4.69, 9.17) is 11.6 Å². The third-order valence-corrected chi connectivity index (χ3v) is 12.5. The molecule has 3 aromatic rings. The van der Waals surface area contributed by atoms with Gasteiger partial charge in [0.05, 0.1) is 10.1 Å². The zero-order valence-electron chi connectivity index (χ0n) is 24.7. The highest BCUT2D eigenvalue weighted by atomic mass is 35.5. The number of hydrogen-bond acceptors (Lipinski definition) is 4. The molecule has 1 aliphatic carbocycles. The molecule has 3 unspecified atom stereocenters. The number of piperidine rings is 1. The van der Waals surface area contributed by atoms with Crippen molar-refractivity contribution < 1.29 is 13.2 Å². The standard InChI is InChI=1S/C34H42ClN3O3S/c1-23-18-33(24(2)17-30(23)35)42(40,41)32-12-16-38-15-6-7-31(38)29(32)21-34(39)36-28-11-10-26-19-25(8-9-27(26)20-28)22-37-13-4-3-5-14-37/h6-9,15,17-19,28-29,32H,3-5,10-14,16,20-22H2,1-2H3,(H,36,39). The molecule has 0 bridgehead atoms. The van der Waals surface area contributed by atoms with Crippen LogP contribution < -0.4 is 5.32 Å². The van der Waals surface area contributed by atoms with Gasteiger partial charge in [-0.1, -0.05) is 36.2 Å². The van der Waals surface area contributed by atoms with E-state index in [1.807, 2.05) is 25.3 Å². The molecule has 8 heteroatoms. The number of aryl methyl sites for hydroxylation is 4. The molecule has 1 aromatic heterocycles. The summed E-state index contributed by atoms with van der Waals surface area (Å²) in [5, 5.41) is 3.17. The van der Waals surface area contributed by atoms with E-state index in [0.29, 0.717) is 28.4 Å². The van der Waals surface area contributed by atoms with E-state index in [-0.39, 0.29) is 18.4 Å². The number of likely N-dealkylation sites (tertiary alicyclic amines) is 1. The third-order valence-electron chi connectivity index (χ3n) is 9.63. The molecule has 1 fully saturated rings. The summed E-state index contributed by atoms with van der Waals surface area (Å²) in [5.74, 6) is -0.489. The van der Waals surface area contributed by atoms with Crippen molar-refractivity contribution in [2.45, 2.75) is 100 Å². The lowest BCUT2D eigenvalue weighted by Crippen LogP contribution is -2.42. The molecule has 1 saturated heterocycles. The average Bonchev–Trinajstić information content (AvgIpc) is 3.45. The highest BCUT2D eigenvalue weighted by Crippen LogP contribution is 2.39. The topological polar surface area (TPSA) is 71.4 Å². The molecular formula is C34H42ClN3O3S. The van der Waals surface area contributed by atoms with Crippen LogP contribution in [-0.4, -0.2) is 48.2 Å². The number of fused-ring (bicyclic) bond motifs is 2. The molecule has 42 heavy (non-hydrogen) atoms. The van der Waals surface area contributed by atoms with E-state index >= 15 is 0 Å². The van der Waals surface area contributed by atoms with Gasteiger partial charge in [0, 0.05) is 48.4 Å². The summed E-state index contributed by atoms with van der Waals surface area (Å²) in [4.78, 5) is 16.4. The molecule has 3 atom stereocenters. The van der Waals surface area contributed by atoms with E-state index in [1.54, 1.807) is 19.1 Å². The number of aromatic nitrogens is 1. The summed E-state index contributed by atoms with van der Waals surface area (Å²) in [6, 6.07) is 14.3. The monoisotopic (exact) mass is 607 g/mol. The van der Waals surface area contributed by atoms with Crippen molar-refractivity contribution in [3.05, 3.63) is 87.2 Å². The summed E-state index contributed by atoms with van der Waals surface area (Å²) >= 11 is 6.29. The second-order valence-electron chi connectivity index (χ2n) is 12.6. The Morgan fingerprint density at radius 3 is 2.60 bits per heavy atom. The first kappa shape index (κ1) is 29.5. The number of sulfone groups is 1. The summed E-state index contributed by atoms with van der Waals surface area (Å²) in [6.45, 7) is 7.65. The van der Waals surface area contributed by atoms with E-state index in [2.05, 4.69) is 33.0 Å². The van der Waals surface area contributed by atoms with Crippen LogP contribution in [0.1, 0.15) is 78.0 Å². The lowest BCUT2D eigenvalue weighted by atomic mass is 9.86. The lowest BCUT2D eigenvalue weighted by Gasteiger charge is -2.34. The van der Waals surface area contributed by atoms with Crippen LogP contribution in [0.25, 0.3) is 0 Å². The molecule has 2 aromatic carbocycles. The second kappa shape index (κ2) is 12.2. The molecular weight excluding hydrogens is 566 g/mol. The molecule has 3 heterocycles. The van der Waals surface area contributed by atoms with Crippen molar-refractivity contribution in [1.29, 1.82) is 0 Å². The highest BCUT2D eigenvalue weighted by Gasteiger charge is 2.41. The number of nitrogens with one attached hydrogen (secondary N) is 1.